The van der Waals surface area contributed by atoms with E-state index in [-0.39, 0.29) is 5.60 Å². The van der Waals surface area contributed by atoms with Gasteiger partial charge in [-0.15, -0.1) is 11.8 Å². The maximum absolute atomic E-state index is 5.62. The largest absolute Gasteiger partial charge is 0.377 e. The van der Waals surface area contributed by atoms with Gasteiger partial charge in [0.15, 0.2) is 0 Å². The van der Waals surface area contributed by atoms with Crippen molar-refractivity contribution in [2.24, 2.45) is 0 Å². The minimum atomic E-state index is -0.0779. The first-order valence-corrected chi connectivity index (χ1v) is 5.82. The Bertz CT molecular complexity index is 210. The Balaban J connectivity index is 4.38. The topological polar surface area (TPSA) is 21.3 Å². The lowest BCUT2D eigenvalue weighted by atomic mass is 9.89. The van der Waals surface area contributed by atoms with Crippen molar-refractivity contribution in [3.8, 4) is 11.8 Å². The average Bonchev–Trinajstić information content (AvgIpc) is 2.27. The fourth-order valence-corrected chi connectivity index (χ4v) is 1.74. The summed E-state index contributed by atoms with van der Waals surface area (Å²) in [5.41, 5.74) is -0.0779. The van der Waals surface area contributed by atoms with Crippen LogP contribution in [0.25, 0.3) is 0 Å². The van der Waals surface area contributed by atoms with Crippen LogP contribution >= 0.6 is 0 Å². The molecule has 1 N–H and O–H groups in total. The minimum absolute atomic E-state index is 0.0779. The van der Waals surface area contributed by atoms with Crippen LogP contribution in [0.15, 0.2) is 0 Å². The molecule has 2 unspecified atom stereocenters. The molecule has 0 aromatic carbocycles. The highest BCUT2D eigenvalue weighted by molar-refractivity contribution is 4.98. The molecule has 0 aromatic rings. The number of ether oxygens (including phenoxy) is 1. The van der Waals surface area contributed by atoms with Crippen molar-refractivity contribution in [3.63, 3.8) is 0 Å². The molecular formula is C13H25NO. The quantitative estimate of drug-likeness (QED) is 0.654. The molecule has 0 rings (SSSR count). The molecule has 0 bridgehead atoms. The summed E-state index contributed by atoms with van der Waals surface area (Å²) in [6, 6.07) is 0.387. The number of hydrogen-bond donors (Lipinski definition) is 1. The summed E-state index contributed by atoms with van der Waals surface area (Å²) in [6.45, 7) is 9.32. The second-order valence-electron chi connectivity index (χ2n) is 3.95. The van der Waals surface area contributed by atoms with E-state index in [1.807, 2.05) is 6.92 Å². The van der Waals surface area contributed by atoms with Crippen molar-refractivity contribution in [2.75, 3.05) is 13.7 Å². The Morgan fingerprint density at radius 1 is 1.40 bits per heavy atom. The van der Waals surface area contributed by atoms with Gasteiger partial charge in [-0.1, -0.05) is 13.8 Å². The van der Waals surface area contributed by atoms with E-state index >= 15 is 0 Å². The van der Waals surface area contributed by atoms with Crippen LogP contribution in [0.4, 0.5) is 0 Å². The number of methoxy groups -OCH3 is 1. The normalized spacial score (nSPS) is 16.3. The third-order valence-corrected chi connectivity index (χ3v) is 3.09. The van der Waals surface area contributed by atoms with Gasteiger partial charge in [0.05, 0.1) is 5.60 Å². The van der Waals surface area contributed by atoms with Gasteiger partial charge in [0.2, 0.25) is 0 Å². The SMILES string of the molecule is CC#CCCC(NCC)C(C)(CC)OC. The Morgan fingerprint density at radius 3 is 2.47 bits per heavy atom. The summed E-state index contributed by atoms with van der Waals surface area (Å²) in [7, 11) is 1.79. The molecule has 0 aliphatic heterocycles. The summed E-state index contributed by atoms with van der Waals surface area (Å²) < 4.78 is 5.62. The first-order valence-electron chi connectivity index (χ1n) is 5.82. The van der Waals surface area contributed by atoms with Crippen molar-refractivity contribution in [2.45, 2.75) is 58.6 Å². The molecule has 0 saturated heterocycles. The minimum Gasteiger partial charge on any atom is -0.377 e. The fraction of sp³-hybridized carbons (Fsp3) is 0.846. The van der Waals surface area contributed by atoms with E-state index in [1.165, 1.54) is 0 Å². The predicted molar refractivity (Wildman–Crippen MR) is 65.9 cm³/mol. The van der Waals surface area contributed by atoms with E-state index < -0.39 is 0 Å². The summed E-state index contributed by atoms with van der Waals surface area (Å²) in [6.07, 6.45) is 3.00. The molecule has 0 heterocycles. The number of hydrogen-bond acceptors (Lipinski definition) is 2. The second kappa shape index (κ2) is 7.73. The molecule has 15 heavy (non-hydrogen) atoms. The molecule has 0 radical (unpaired) electrons. The molecule has 2 nitrogen and oxygen atoms in total. The van der Waals surface area contributed by atoms with E-state index in [0.29, 0.717) is 6.04 Å². The van der Waals surface area contributed by atoms with Gasteiger partial charge in [0.1, 0.15) is 0 Å². The van der Waals surface area contributed by atoms with Gasteiger partial charge < -0.3 is 10.1 Å². The van der Waals surface area contributed by atoms with Crippen molar-refractivity contribution in [1.82, 2.24) is 5.32 Å². The van der Waals surface area contributed by atoms with Gasteiger partial charge in [-0.05, 0) is 33.2 Å². The monoisotopic (exact) mass is 211 g/mol. The maximum Gasteiger partial charge on any atom is 0.0800 e. The van der Waals surface area contributed by atoms with Crippen LogP contribution in [-0.2, 0) is 4.74 Å². The number of rotatable bonds is 7. The number of likely N-dealkylation sites (N-methyl/N-ethyl adjacent to an activating group) is 1. The van der Waals surface area contributed by atoms with Crippen LogP contribution in [0.1, 0.15) is 47.0 Å². The van der Waals surface area contributed by atoms with Gasteiger partial charge in [0.25, 0.3) is 0 Å². The molecule has 0 aliphatic rings. The van der Waals surface area contributed by atoms with Crippen LogP contribution in [0, 0.1) is 11.8 Å². The lowest BCUT2D eigenvalue weighted by Gasteiger charge is -2.36. The summed E-state index contributed by atoms with van der Waals surface area (Å²) in [4.78, 5) is 0. The zero-order chi connectivity index (χ0) is 11.7. The Labute approximate surface area is 94.8 Å². The van der Waals surface area contributed by atoms with Crippen molar-refractivity contribution in [1.29, 1.82) is 0 Å². The highest BCUT2D eigenvalue weighted by Crippen LogP contribution is 2.22. The van der Waals surface area contributed by atoms with Gasteiger partial charge in [-0.2, -0.15) is 0 Å². The average molecular weight is 211 g/mol. The molecule has 2 atom stereocenters. The van der Waals surface area contributed by atoms with E-state index in [9.17, 15) is 0 Å². The first-order chi connectivity index (χ1) is 7.14. The maximum atomic E-state index is 5.62. The fourth-order valence-electron chi connectivity index (χ4n) is 1.74. The van der Waals surface area contributed by atoms with Crippen LogP contribution in [0.3, 0.4) is 0 Å². The standard InChI is InChI=1S/C13H25NO/c1-6-9-10-11-12(14-8-3)13(4,7-2)15-5/h12,14H,7-8,10-11H2,1-5H3. The van der Waals surface area contributed by atoms with Crippen LogP contribution in [0.5, 0.6) is 0 Å². The molecule has 88 valence electrons. The summed E-state index contributed by atoms with van der Waals surface area (Å²) in [5.74, 6) is 6.05. The second-order valence-corrected chi connectivity index (χ2v) is 3.95. The van der Waals surface area contributed by atoms with Crippen molar-refractivity contribution in [3.05, 3.63) is 0 Å². The first kappa shape index (κ1) is 14.5. The lowest BCUT2D eigenvalue weighted by molar-refractivity contribution is -0.0302. The Hall–Kier alpha value is -0.520. The molecular weight excluding hydrogens is 186 g/mol. The van der Waals surface area contributed by atoms with E-state index in [4.69, 9.17) is 4.74 Å². The third-order valence-electron chi connectivity index (χ3n) is 3.09. The van der Waals surface area contributed by atoms with Crippen LogP contribution in [-0.4, -0.2) is 25.3 Å². The van der Waals surface area contributed by atoms with Crippen LogP contribution < -0.4 is 5.32 Å². The van der Waals surface area contributed by atoms with Gasteiger partial charge >= 0.3 is 0 Å². The molecule has 0 spiro atoms. The van der Waals surface area contributed by atoms with Gasteiger partial charge in [0, 0.05) is 19.6 Å². The summed E-state index contributed by atoms with van der Waals surface area (Å²) >= 11 is 0. The zero-order valence-corrected chi connectivity index (χ0v) is 10.8. The molecule has 0 aliphatic carbocycles. The van der Waals surface area contributed by atoms with Gasteiger partial charge in [-0.3, -0.25) is 0 Å². The van der Waals surface area contributed by atoms with E-state index in [1.54, 1.807) is 7.11 Å². The van der Waals surface area contributed by atoms with Crippen molar-refractivity contribution < 1.29 is 4.74 Å². The van der Waals surface area contributed by atoms with Crippen molar-refractivity contribution >= 4 is 0 Å². The highest BCUT2D eigenvalue weighted by atomic mass is 16.5. The van der Waals surface area contributed by atoms with Gasteiger partial charge in [-0.25, -0.2) is 0 Å². The molecule has 0 amide bonds. The highest BCUT2D eigenvalue weighted by Gasteiger charge is 2.31. The smallest absolute Gasteiger partial charge is 0.0800 e. The molecule has 2 heteroatoms. The molecule has 0 fully saturated rings. The Morgan fingerprint density at radius 2 is 2.07 bits per heavy atom. The van der Waals surface area contributed by atoms with E-state index in [2.05, 4.69) is 37.9 Å². The third kappa shape index (κ3) is 4.68. The van der Waals surface area contributed by atoms with Crippen LogP contribution in [0.2, 0.25) is 0 Å². The molecule has 0 aromatic heterocycles. The molecule has 0 saturated carbocycles. The Kier molecular flexibility index (Phi) is 7.46. The zero-order valence-electron chi connectivity index (χ0n) is 10.8. The predicted octanol–water partition coefficient (Wildman–Crippen LogP) is 2.58. The summed E-state index contributed by atoms with van der Waals surface area (Å²) in [5, 5.41) is 3.49. The van der Waals surface area contributed by atoms with E-state index in [0.717, 1.165) is 25.8 Å². The number of nitrogens with one attached hydrogen (secondary N) is 1. The lowest BCUT2D eigenvalue weighted by Crippen LogP contribution is -2.49.